The summed E-state index contributed by atoms with van der Waals surface area (Å²) in [6, 6.07) is 2.75. The molecule has 0 unspecified atom stereocenters. The number of nitrogens with two attached hydrogens (primary N) is 1. The van der Waals surface area contributed by atoms with Crippen molar-refractivity contribution < 1.29 is 29.1 Å². The smallest absolute Gasteiger partial charge is 0.245 e. The number of rotatable bonds is 13. The lowest BCUT2D eigenvalue weighted by atomic mass is 10.0. The van der Waals surface area contributed by atoms with Gasteiger partial charge in [-0.15, -0.1) is 0 Å². The molecule has 0 radical (unpaired) electrons. The molecule has 0 spiro atoms. The highest BCUT2D eigenvalue weighted by atomic mass is 16.3. The Morgan fingerprint density at radius 1 is 0.925 bits per heavy atom. The number of nitrogens with one attached hydrogen (secondary N) is 6. The van der Waals surface area contributed by atoms with E-state index in [2.05, 4.69) is 36.2 Å². The van der Waals surface area contributed by atoms with Crippen molar-refractivity contribution >= 4 is 40.4 Å². The van der Waals surface area contributed by atoms with Gasteiger partial charge in [0.1, 0.15) is 24.2 Å². The van der Waals surface area contributed by atoms with E-state index in [4.69, 9.17) is 5.73 Å². The van der Waals surface area contributed by atoms with Crippen molar-refractivity contribution in [3.8, 4) is 0 Å². The number of aliphatic hydroxyl groups is 1. The molecule has 0 aliphatic carbocycles. The standard InChI is InChI=1S/C26H34N8O6/c1-13(23(27)37)31-26(40)22(14(2)35)34-25(39)21(9-17-11-28-12-30-17)33-24(38)20(32-15(3)36)8-16-10-29-19-7-5-4-6-18(16)19/h4-7,10-14,20-22,29,35H,8-9H2,1-3H3,(H2,27,37)(H,28,30)(H,31,40)(H,32,36)(H,33,38)(H,34,39)/t13-,14+,20-,21-,22-/m0/s1. The molecule has 3 aromatic rings. The Labute approximate surface area is 229 Å². The van der Waals surface area contributed by atoms with Gasteiger partial charge in [0, 0.05) is 48.8 Å². The molecule has 2 aromatic heterocycles. The Balaban J connectivity index is 1.81. The number of carbonyl (C=O) groups excluding carboxylic acids is 5. The Morgan fingerprint density at radius 3 is 2.23 bits per heavy atom. The first kappa shape index (κ1) is 29.8. The minimum atomic E-state index is -1.45. The second-order valence-electron chi connectivity index (χ2n) is 9.52. The van der Waals surface area contributed by atoms with Gasteiger partial charge in [0.05, 0.1) is 12.4 Å². The quantitative estimate of drug-likeness (QED) is 0.125. The molecular formula is C26H34N8O6. The molecule has 40 heavy (non-hydrogen) atoms. The average molecular weight is 555 g/mol. The fraction of sp³-hybridized carbons (Fsp3) is 0.385. The molecule has 0 aliphatic heterocycles. The molecule has 1 aromatic carbocycles. The summed E-state index contributed by atoms with van der Waals surface area (Å²) in [5.41, 5.74) is 7.35. The second-order valence-corrected chi connectivity index (χ2v) is 9.52. The number of hydrogen-bond donors (Lipinski definition) is 8. The normalized spacial score (nSPS) is 14.8. The van der Waals surface area contributed by atoms with Crippen molar-refractivity contribution in [3.63, 3.8) is 0 Å². The van der Waals surface area contributed by atoms with Crippen LogP contribution < -0.4 is 27.0 Å². The van der Waals surface area contributed by atoms with Crippen molar-refractivity contribution in [2.24, 2.45) is 5.73 Å². The summed E-state index contributed by atoms with van der Waals surface area (Å²) in [4.78, 5) is 72.7. The SMILES string of the molecule is CC(=O)N[C@@H](Cc1c[nH]c2ccccc12)C(=O)N[C@@H](Cc1cnc[nH]1)C(=O)N[C@H](C(=O)N[C@@H](C)C(N)=O)[C@@H](C)O. The van der Waals surface area contributed by atoms with E-state index < -0.39 is 59.8 Å². The van der Waals surface area contributed by atoms with Crippen molar-refractivity contribution in [3.05, 3.63) is 54.2 Å². The van der Waals surface area contributed by atoms with Crippen molar-refractivity contribution in [2.75, 3.05) is 0 Å². The Bertz CT molecular complexity index is 1350. The summed E-state index contributed by atoms with van der Waals surface area (Å²) in [6.45, 7) is 3.93. The van der Waals surface area contributed by atoms with Gasteiger partial charge in [-0.05, 0) is 25.5 Å². The molecule has 0 saturated heterocycles. The molecule has 14 nitrogen and oxygen atoms in total. The number of carbonyl (C=O) groups is 5. The fourth-order valence-corrected chi connectivity index (χ4v) is 4.11. The van der Waals surface area contributed by atoms with Crippen LogP contribution in [0.4, 0.5) is 0 Å². The number of benzene rings is 1. The van der Waals surface area contributed by atoms with Crippen LogP contribution in [0.15, 0.2) is 43.0 Å². The van der Waals surface area contributed by atoms with Gasteiger partial charge in [0.15, 0.2) is 0 Å². The number of aromatic nitrogens is 3. The van der Waals surface area contributed by atoms with E-state index in [0.29, 0.717) is 5.69 Å². The average Bonchev–Trinajstić information content (AvgIpc) is 3.55. The van der Waals surface area contributed by atoms with E-state index in [-0.39, 0.29) is 12.8 Å². The summed E-state index contributed by atoms with van der Waals surface area (Å²) in [6.07, 6.45) is 3.38. The van der Waals surface area contributed by atoms with Crippen molar-refractivity contribution in [1.82, 2.24) is 36.2 Å². The first-order chi connectivity index (χ1) is 19.0. The molecule has 9 N–H and O–H groups in total. The highest BCUT2D eigenvalue weighted by molar-refractivity contribution is 5.96. The van der Waals surface area contributed by atoms with Crippen LogP contribution >= 0.6 is 0 Å². The van der Waals surface area contributed by atoms with Crippen LogP contribution in [0.2, 0.25) is 0 Å². The van der Waals surface area contributed by atoms with Crippen molar-refractivity contribution in [1.29, 1.82) is 0 Å². The monoisotopic (exact) mass is 554 g/mol. The minimum absolute atomic E-state index is 0.0384. The van der Waals surface area contributed by atoms with Gasteiger partial charge in [-0.2, -0.15) is 0 Å². The third-order valence-electron chi connectivity index (χ3n) is 6.25. The molecule has 3 rings (SSSR count). The maximum absolute atomic E-state index is 13.4. The number of imidazole rings is 1. The number of amides is 5. The summed E-state index contributed by atoms with van der Waals surface area (Å²) in [7, 11) is 0. The Morgan fingerprint density at radius 2 is 1.60 bits per heavy atom. The number of nitrogens with zero attached hydrogens (tertiary/aromatic N) is 1. The Kier molecular flexibility index (Phi) is 9.97. The Hall–Kier alpha value is -4.72. The summed E-state index contributed by atoms with van der Waals surface area (Å²) >= 11 is 0. The predicted molar refractivity (Wildman–Crippen MR) is 144 cm³/mol. The molecule has 5 amide bonds. The maximum atomic E-state index is 13.4. The van der Waals surface area contributed by atoms with E-state index in [1.165, 1.54) is 33.3 Å². The number of H-pyrrole nitrogens is 2. The molecular weight excluding hydrogens is 520 g/mol. The van der Waals surface area contributed by atoms with Gasteiger partial charge < -0.3 is 42.1 Å². The second kappa shape index (κ2) is 13.4. The topological polar surface area (TPSA) is 224 Å². The van der Waals surface area contributed by atoms with E-state index in [0.717, 1.165) is 16.5 Å². The lowest BCUT2D eigenvalue weighted by molar-refractivity contribution is -0.135. The first-order valence-electron chi connectivity index (χ1n) is 12.6. The number of aliphatic hydroxyl groups excluding tert-OH is 1. The van der Waals surface area contributed by atoms with Gasteiger partial charge in [0.25, 0.3) is 0 Å². The van der Waals surface area contributed by atoms with E-state index in [1.54, 1.807) is 6.20 Å². The van der Waals surface area contributed by atoms with Crippen LogP contribution in [-0.4, -0.2) is 79.9 Å². The lowest BCUT2D eigenvalue weighted by Crippen LogP contribution is -2.60. The molecule has 0 saturated carbocycles. The van der Waals surface area contributed by atoms with Gasteiger partial charge in [0.2, 0.25) is 29.5 Å². The molecule has 214 valence electrons. The molecule has 0 aliphatic rings. The zero-order chi connectivity index (χ0) is 29.4. The highest BCUT2D eigenvalue weighted by Gasteiger charge is 2.33. The zero-order valence-corrected chi connectivity index (χ0v) is 22.4. The largest absolute Gasteiger partial charge is 0.391 e. The molecule has 0 bridgehead atoms. The number of fused-ring (bicyclic) bond motifs is 1. The van der Waals surface area contributed by atoms with Crippen LogP contribution in [0.5, 0.6) is 0 Å². The molecule has 2 heterocycles. The summed E-state index contributed by atoms with van der Waals surface area (Å²) in [5, 5.41) is 21.1. The van der Waals surface area contributed by atoms with E-state index in [9.17, 15) is 29.1 Å². The zero-order valence-electron chi connectivity index (χ0n) is 22.4. The van der Waals surface area contributed by atoms with Gasteiger partial charge in [-0.1, -0.05) is 18.2 Å². The van der Waals surface area contributed by atoms with Gasteiger partial charge >= 0.3 is 0 Å². The number of para-hydroxylation sites is 1. The van der Waals surface area contributed by atoms with Crippen LogP contribution in [0, 0.1) is 0 Å². The third-order valence-corrected chi connectivity index (χ3v) is 6.25. The fourth-order valence-electron chi connectivity index (χ4n) is 4.11. The van der Waals surface area contributed by atoms with Crippen LogP contribution in [0.25, 0.3) is 10.9 Å². The lowest BCUT2D eigenvalue weighted by Gasteiger charge is -2.26. The molecule has 5 atom stereocenters. The minimum Gasteiger partial charge on any atom is -0.391 e. The van der Waals surface area contributed by atoms with Gasteiger partial charge in [-0.25, -0.2) is 4.98 Å². The van der Waals surface area contributed by atoms with Crippen molar-refractivity contribution in [2.45, 2.75) is 63.9 Å². The first-order valence-corrected chi connectivity index (χ1v) is 12.6. The van der Waals surface area contributed by atoms with Crippen LogP contribution in [0.1, 0.15) is 32.0 Å². The summed E-state index contributed by atoms with van der Waals surface area (Å²) in [5.74, 6) is -3.50. The molecule has 14 heteroatoms. The number of aromatic amines is 2. The predicted octanol–water partition coefficient (Wildman–Crippen LogP) is -1.48. The van der Waals surface area contributed by atoms with Crippen LogP contribution in [-0.2, 0) is 36.8 Å². The van der Waals surface area contributed by atoms with Crippen LogP contribution in [0.3, 0.4) is 0 Å². The maximum Gasteiger partial charge on any atom is 0.245 e. The third kappa shape index (κ3) is 7.89. The molecule has 0 fully saturated rings. The van der Waals surface area contributed by atoms with E-state index >= 15 is 0 Å². The number of hydrogen-bond acceptors (Lipinski definition) is 7. The summed E-state index contributed by atoms with van der Waals surface area (Å²) < 4.78 is 0. The van der Waals surface area contributed by atoms with E-state index in [1.807, 2.05) is 24.3 Å². The highest BCUT2D eigenvalue weighted by Crippen LogP contribution is 2.19. The van der Waals surface area contributed by atoms with Gasteiger partial charge in [-0.3, -0.25) is 24.0 Å². The number of primary amides is 1.